The van der Waals surface area contributed by atoms with Gasteiger partial charge < -0.3 is 0 Å². The van der Waals surface area contributed by atoms with Crippen LogP contribution >= 0.6 is 0 Å². The molecule has 3 N–H and O–H groups in total. The zero-order valence-corrected chi connectivity index (χ0v) is 15.3. The average Bonchev–Trinajstić information content (AvgIpc) is 2.46. The van der Waals surface area contributed by atoms with E-state index in [0.717, 1.165) is 11.5 Å². The molecule has 1 aliphatic rings. The number of nitrogens with one attached hydrogen (secondary N) is 1. The highest BCUT2D eigenvalue weighted by Gasteiger charge is 2.30. The minimum Gasteiger partial charge on any atom is -0.216 e. The first-order valence-electron chi connectivity index (χ1n) is 8.51. The average molecular weight is 339 g/mol. The molecule has 1 saturated carbocycles. The Morgan fingerprint density at radius 2 is 1.65 bits per heavy atom. The summed E-state index contributed by atoms with van der Waals surface area (Å²) in [6.07, 6.45) is 5.83. The summed E-state index contributed by atoms with van der Waals surface area (Å²) in [5, 5.41) is 4.92. The first-order chi connectivity index (χ1) is 10.6. The summed E-state index contributed by atoms with van der Waals surface area (Å²) >= 11 is 0. The molecule has 1 aromatic carbocycles. The zero-order chi connectivity index (χ0) is 17.1. The quantitative estimate of drug-likeness (QED) is 0.864. The fourth-order valence-electron chi connectivity index (χ4n) is 3.59. The van der Waals surface area contributed by atoms with Crippen LogP contribution in [0.15, 0.2) is 24.3 Å². The smallest absolute Gasteiger partial charge is 0.216 e. The van der Waals surface area contributed by atoms with Crippen molar-refractivity contribution in [3.05, 3.63) is 35.4 Å². The van der Waals surface area contributed by atoms with Gasteiger partial charge in [-0.15, -0.1) is 0 Å². The van der Waals surface area contributed by atoms with E-state index in [1.54, 1.807) is 0 Å². The summed E-state index contributed by atoms with van der Waals surface area (Å²) in [6.45, 7) is 7.39. The molecule has 0 aromatic heterocycles. The molecule has 0 radical (unpaired) electrons. The van der Waals surface area contributed by atoms with E-state index in [2.05, 4.69) is 49.8 Å². The van der Waals surface area contributed by atoms with Gasteiger partial charge in [-0.25, -0.2) is 9.86 Å². The van der Waals surface area contributed by atoms with Crippen molar-refractivity contribution in [3.8, 4) is 0 Å². The van der Waals surface area contributed by atoms with Crippen molar-refractivity contribution in [3.63, 3.8) is 0 Å². The molecular formula is C18H30N2O2S. The summed E-state index contributed by atoms with van der Waals surface area (Å²) in [5.74, 6) is 1.51. The Bertz CT molecular complexity index is 595. The lowest BCUT2D eigenvalue weighted by atomic mass is 9.68. The van der Waals surface area contributed by atoms with E-state index in [1.807, 2.05) is 0 Å². The third-order valence-electron chi connectivity index (χ3n) is 5.12. The van der Waals surface area contributed by atoms with Crippen LogP contribution in [0.25, 0.3) is 0 Å². The summed E-state index contributed by atoms with van der Waals surface area (Å²) in [7, 11) is -3.59. The lowest BCUT2D eigenvalue weighted by molar-refractivity contribution is 0.169. The molecule has 130 valence electrons. The number of rotatable bonds is 5. The van der Waals surface area contributed by atoms with Gasteiger partial charge in [-0.05, 0) is 60.5 Å². The van der Waals surface area contributed by atoms with Crippen molar-refractivity contribution in [2.24, 2.45) is 16.5 Å². The van der Waals surface area contributed by atoms with E-state index in [1.165, 1.54) is 31.2 Å². The first kappa shape index (κ1) is 18.4. The molecule has 1 aromatic rings. The highest BCUT2D eigenvalue weighted by molar-refractivity contribution is 7.87. The standard InChI is InChI=1S/C18H30N2O2S/c1-18(2,3)17-10-8-16(9-11-17)15-6-4-14(5-7-15)12-13-20-23(19,21)22/h4-7,16-17,20H,8-13H2,1-3H3,(H2,19,21,22). The minimum atomic E-state index is -3.59. The third-order valence-corrected chi connectivity index (χ3v) is 5.73. The summed E-state index contributed by atoms with van der Waals surface area (Å²) < 4.78 is 24.0. The molecule has 0 aliphatic heterocycles. The van der Waals surface area contributed by atoms with Gasteiger partial charge in [-0.3, -0.25) is 0 Å². The van der Waals surface area contributed by atoms with Crippen LogP contribution in [0.2, 0.25) is 0 Å². The molecule has 0 spiro atoms. The van der Waals surface area contributed by atoms with Crippen molar-refractivity contribution < 1.29 is 8.42 Å². The van der Waals surface area contributed by atoms with Crippen LogP contribution in [-0.2, 0) is 16.6 Å². The van der Waals surface area contributed by atoms with Gasteiger partial charge in [0.25, 0.3) is 10.2 Å². The SMILES string of the molecule is CC(C)(C)C1CCC(c2ccc(CCNS(N)(=O)=O)cc2)CC1. The van der Waals surface area contributed by atoms with Crippen molar-refractivity contribution >= 4 is 10.2 Å². The highest BCUT2D eigenvalue weighted by atomic mass is 32.2. The zero-order valence-electron chi connectivity index (χ0n) is 14.5. The Hall–Kier alpha value is -0.910. The maximum absolute atomic E-state index is 10.8. The maximum Gasteiger partial charge on any atom is 0.274 e. The normalized spacial score (nSPS) is 23.0. The van der Waals surface area contributed by atoms with E-state index >= 15 is 0 Å². The van der Waals surface area contributed by atoms with Gasteiger partial charge in [-0.2, -0.15) is 8.42 Å². The van der Waals surface area contributed by atoms with Crippen LogP contribution < -0.4 is 9.86 Å². The van der Waals surface area contributed by atoms with Crippen LogP contribution in [0.1, 0.15) is 63.5 Å². The minimum absolute atomic E-state index is 0.342. The van der Waals surface area contributed by atoms with Crippen LogP contribution in [0.5, 0.6) is 0 Å². The molecule has 0 saturated heterocycles. The van der Waals surface area contributed by atoms with E-state index in [9.17, 15) is 8.42 Å². The van der Waals surface area contributed by atoms with Crippen molar-refractivity contribution in [1.29, 1.82) is 0 Å². The van der Waals surface area contributed by atoms with Gasteiger partial charge in [0.15, 0.2) is 0 Å². The Balaban J connectivity index is 1.86. The van der Waals surface area contributed by atoms with Crippen molar-refractivity contribution in [2.45, 2.75) is 58.8 Å². The van der Waals surface area contributed by atoms with Gasteiger partial charge >= 0.3 is 0 Å². The molecular weight excluding hydrogens is 308 g/mol. The summed E-state index contributed by atoms with van der Waals surface area (Å²) in [4.78, 5) is 0. The van der Waals surface area contributed by atoms with E-state index in [4.69, 9.17) is 5.14 Å². The van der Waals surface area contributed by atoms with Crippen LogP contribution in [0.4, 0.5) is 0 Å². The Morgan fingerprint density at radius 1 is 1.09 bits per heavy atom. The van der Waals surface area contributed by atoms with E-state index in [-0.39, 0.29) is 0 Å². The number of benzene rings is 1. The third kappa shape index (κ3) is 5.90. The van der Waals surface area contributed by atoms with Crippen molar-refractivity contribution in [2.75, 3.05) is 6.54 Å². The van der Waals surface area contributed by atoms with Gasteiger partial charge in [0, 0.05) is 6.54 Å². The highest BCUT2D eigenvalue weighted by Crippen LogP contribution is 2.43. The second-order valence-corrected chi connectivity index (χ2v) is 9.22. The Kier molecular flexibility index (Phi) is 5.87. The second-order valence-electron chi connectivity index (χ2n) is 7.85. The molecule has 2 rings (SSSR count). The topological polar surface area (TPSA) is 72.2 Å². The molecule has 0 amide bonds. The molecule has 23 heavy (non-hydrogen) atoms. The van der Waals surface area contributed by atoms with Crippen LogP contribution in [0.3, 0.4) is 0 Å². The molecule has 4 nitrogen and oxygen atoms in total. The predicted octanol–water partition coefficient (Wildman–Crippen LogP) is 3.34. The van der Waals surface area contributed by atoms with E-state index < -0.39 is 10.2 Å². The molecule has 5 heteroatoms. The summed E-state index contributed by atoms with van der Waals surface area (Å²) in [5.41, 5.74) is 2.97. The van der Waals surface area contributed by atoms with Gasteiger partial charge in [0.1, 0.15) is 0 Å². The molecule has 1 fully saturated rings. The molecule has 1 aliphatic carbocycles. The maximum atomic E-state index is 10.8. The van der Waals surface area contributed by atoms with Gasteiger partial charge in [0.2, 0.25) is 0 Å². The number of hydrogen-bond donors (Lipinski definition) is 2. The summed E-state index contributed by atoms with van der Waals surface area (Å²) in [6, 6.07) is 8.62. The van der Waals surface area contributed by atoms with Crippen LogP contribution in [0, 0.1) is 11.3 Å². The van der Waals surface area contributed by atoms with Crippen LogP contribution in [-0.4, -0.2) is 15.0 Å². The Morgan fingerprint density at radius 3 is 2.13 bits per heavy atom. The molecule has 0 unspecified atom stereocenters. The fraction of sp³-hybridized carbons (Fsp3) is 0.667. The molecule has 0 heterocycles. The van der Waals surface area contributed by atoms with E-state index in [0.29, 0.717) is 24.3 Å². The van der Waals surface area contributed by atoms with Gasteiger partial charge in [0.05, 0.1) is 0 Å². The lowest BCUT2D eigenvalue weighted by Gasteiger charge is -2.37. The molecule has 0 atom stereocenters. The number of nitrogens with two attached hydrogens (primary N) is 1. The first-order valence-corrected chi connectivity index (χ1v) is 10.1. The lowest BCUT2D eigenvalue weighted by Crippen LogP contribution is -2.32. The van der Waals surface area contributed by atoms with Crippen molar-refractivity contribution in [1.82, 2.24) is 4.72 Å². The predicted molar refractivity (Wildman–Crippen MR) is 95.4 cm³/mol. The van der Waals surface area contributed by atoms with Gasteiger partial charge in [-0.1, -0.05) is 45.0 Å². The number of hydrogen-bond acceptors (Lipinski definition) is 2. The largest absolute Gasteiger partial charge is 0.274 e. The second kappa shape index (κ2) is 7.32. The molecule has 0 bridgehead atoms. The fourth-order valence-corrected chi connectivity index (χ4v) is 3.97. The Labute approximate surface area is 141 Å². The monoisotopic (exact) mass is 338 g/mol.